The van der Waals surface area contributed by atoms with E-state index >= 15 is 0 Å². The second-order valence-corrected chi connectivity index (χ2v) is 6.43. The molecule has 0 spiro atoms. The fraction of sp³-hybridized carbons (Fsp3) is 0.438. The first-order chi connectivity index (χ1) is 10.0. The monoisotopic (exact) mass is 306 g/mol. The van der Waals surface area contributed by atoms with Crippen molar-refractivity contribution in [3.8, 4) is 0 Å². The smallest absolute Gasteiger partial charge is 0.270 e. The Labute approximate surface area is 128 Å². The summed E-state index contributed by atoms with van der Waals surface area (Å²) in [6.45, 7) is 4.35. The van der Waals surface area contributed by atoms with E-state index < -0.39 is 0 Å². The van der Waals surface area contributed by atoms with Crippen LogP contribution in [0.5, 0.6) is 0 Å². The molecule has 0 amide bonds. The topological polar surface area (TPSA) is 57.9 Å². The minimum atomic E-state index is -0.329. The first-order valence-corrected chi connectivity index (χ1v) is 7.62. The van der Waals surface area contributed by atoms with Gasteiger partial charge in [-0.1, -0.05) is 37.6 Å². The van der Waals surface area contributed by atoms with E-state index in [1.165, 1.54) is 0 Å². The molecule has 1 aromatic heterocycles. The number of benzene rings is 1. The van der Waals surface area contributed by atoms with Crippen LogP contribution >= 0.6 is 11.6 Å². The Hall–Kier alpha value is -1.52. The highest BCUT2D eigenvalue weighted by Crippen LogP contribution is 2.34. The molecule has 1 aliphatic heterocycles. The van der Waals surface area contributed by atoms with E-state index in [0.29, 0.717) is 16.5 Å². The van der Waals surface area contributed by atoms with Crippen LogP contribution in [0.1, 0.15) is 43.2 Å². The molecule has 0 saturated carbocycles. The second-order valence-electron chi connectivity index (χ2n) is 5.99. The molecule has 2 atom stereocenters. The molecule has 4 nitrogen and oxygen atoms in total. The molecule has 0 bridgehead atoms. The molecule has 0 fully saturated rings. The van der Waals surface area contributed by atoms with E-state index in [0.717, 1.165) is 24.1 Å². The van der Waals surface area contributed by atoms with E-state index in [9.17, 15) is 4.79 Å². The number of aromatic amines is 2. The Morgan fingerprint density at radius 3 is 2.67 bits per heavy atom. The molecule has 1 aliphatic rings. The Morgan fingerprint density at radius 1 is 1.29 bits per heavy atom. The van der Waals surface area contributed by atoms with Gasteiger partial charge in [0, 0.05) is 17.1 Å². The van der Waals surface area contributed by atoms with E-state index in [2.05, 4.69) is 24.0 Å². The minimum absolute atomic E-state index is 0.104. The lowest BCUT2D eigenvalue weighted by molar-refractivity contribution is -0.0155. The Kier molecular flexibility index (Phi) is 3.91. The van der Waals surface area contributed by atoms with Gasteiger partial charge >= 0.3 is 0 Å². The highest BCUT2D eigenvalue weighted by atomic mass is 35.5. The lowest BCUT2D eigenvalue weighted by Gasteiger charge is -2.30. The average molecular weight is 307 g/mol. The summed E-state index contributed by atoms with van der Waals surface area (Å²) in [5.41, 5.74) is 2.50. The van der Waals surface area contributed by atoms with Gasteiger partial charge in [-0.25, -0.2) is 0 Å². The number of H-pyrrole nitrogens is 2. The van der Waals surface area contributed by atoms with E-state index in [-0.39, 0.29) is 17.8 Å². The van der Waals surface area contributed by atoms with Gasteiger partial charge in [0.25, 0.3) is 5.56 Å². The van der Waals surface area contributed by atoms with E-state index in [4.69, 9.17) is 16.3 Å². The second kappa shape index (κ2) is 5.70. The maximum absolute atomic E-state index is 12.1. The summed E-state index contributed by atoms with van der Waals surface area (Å²) >= 11 is 5.94. The molecule has 112 valence electrons. The molecular formula is C16H19ClN2O2. The van der Waals surface area contributed by atoms with Crippen molar-refractivity contribution in [1.82, 2.24) is 10.2 Å². The molecule has 21 heavy (non-hydrogen) atoms. The maximum atomic E-state index is 12.1. The fourth-order valence-corrected chi connectivity index (χ4v) is 3.05. The third-order valence-corrected chi connectivity index (χ3v) is 4.08. The van der Waals surface area contributed by atoms with Gasteiger partial charge in [0.15, 0.2) is 0 Å². The summed E-state index contributed by atoms with van der Waals surface area (Å²) < 4.78 is 6.21. The van der Waals surface area contributed by atoms with Crippen LogP contribution in [0.15, 0.2) is 29.1 Å². The van der Waals surface area contributed by atoms with Crippen molar-refractivity contribution in [2.24, 2.45) is 5.92 Å². The van der Waals surface area contributed by atoms with Gasteiger partial charge in [-0.05, 0) is 30.0 Å². The van der Waals surface area contributed by atoms with Crippen molar-refractivity contribution >= 4 is 11.6 Å². The van der Waals surface area contributed by atoms with Crippen molar-refractivity contribution < 1.29 is 4.74 Å². The summed E-state index contributed by atoms with van der Waals surface area (Å²) in [5.74, 6) is 0.549. The maximum Gasteiger partial charge on any atom is 0.270 e. The molecule has 0 saturated heterocycles. The Morgan fingerprint density at radius 2 is 2.00 bits per heavy atom. The van der Waals surface area contributed by atoms with Crippen LogP contribution in [0.4, 0.5) is 0 Å². The van der Waals surface area contributed by atoms with Crippen LogP contribution in [-0.2, 0) is 11.2 Å². The highest BCUT2D eigenvalue weighted by molar-refractivity contribution is 6.30. The van der Waals surface area contributed by atoms with Crippen LogP contribution in [0.3, 0.4) is 0 Å². The molecule has 5 heteroatoms. The third-order valence-electron chi connectivity index (χ3n) is 3.83. The number of nitrogens with one attached hydrogen (secondary N) is 2. The molecule has 2 N–H and O–H groups in total. The van der Waals surface area contributed by atoms with Gasteiger partial charge in [-0.15, -0.1) is 0 Å². The van der Waals surface area contributed by atoms with Crippen LogP contribution in [0.2, 0.25) is 5.02 Å². The Bertz CT molecular complexity index is 672. The number of hydrogen-bond donors (Lipinski definition) is 2. The number of fused-ring (bicyclic) bond motifs is 1. The molecular weight excluding hydrogens is 288 g/mol. The van der Waals surface area contributed by atoms with Crippen LogP contribution in [-0.4, -0.2) is 16.3 Å². The molecule has 2 heterocycles. The van der Waals surface area contributed by atoms with Gasteiger partial charge < -0.3 is 9.84 Å². The first kappa shape index (κ1) is 14.4. The standard InChI is InChI=1S/C16H19ClN2O2/c1-9(2)7-12-8-13-14(16(20)19-18-13)15(21-12)10-3-5-11(17)6-4-10/h3-6,9,12,15H,7-8H2,1-2H3,(H2,18,19,20)/t12-,15+/m1/s1. The molecule has 1 aromatic carbocycles. The van der Waals surface area contributed by atoms with Gasteiger partial charge in [-0.2, -0.15) is 0 Å². The van der Waals surface area contributed by atoms with Crippen LogP contribution in [0.25, 0.3) is 0 Å². The van der Waals surface area contributed by atoms with E-state index in [1.54, 1.807) is 0 Å². The zero-order valence-corrected chi connectivity index (χ0v) is 12.9. The van der Waals surface area contributed by atoms with Crippen molar-refractivity contribution in [2.45, 2.75) is 38.9 Å². The summed E-state index contributed by atoms with van der Waals surface area (Å²) in [6.07, 6.45) is 1.50. The van der Waals surface area contributed by atoms with Crippen LogP contribution in [0, 0.1) is 5.92 Å². The summed E-state index contributed by atoms with van der Waals surface area (Å²) in [4.78, 5) is 12.1. The molecule has 2 aromatic rings. The fourth-order valence-electron chi connectivity index (χ4n) is 2.93. The third kappa shape index (κ3) is 2.92. The average Bonchev–Trinajstić information content (AvgIpc) is 2.80. The van der Waals surface area contributed by atoms with Gasteiger partial charge in [-0.3, -0.25) is 9.89 Å². The van der Waals surface area contributed by atoms with E-state index in [1.807, 2.05) is 24.3 Å². The lowest BCUT2D eigenvalue weighted by atomic mass is 9.92. The lowest BCUT2D eigenvalue weighted by Crippen LogP contribution is -2.30. The number of rotatable bonds is 3. The van der Waals surface area contributed by atoms with Gasteiger partial charge in [0.1, 0.15) is 6.10 Å². The van der Waals surface area contributed by atoms with Crippen molar-refractivity contribution in [3.05, 3.63) is 56.5 Å². The first-order valence-electron chi connectivity index (χ1n) is 7.25. The highest BCUT2D eigenvalue weighted by Gasteiger charge is 2.32. The molecule has 0 unspecified atom stereocenters. The van der Waals surface area contributed by atoms with Crippen molar-refractivity contribution in [3.63, 3.8) is 0 Å². The zero-order valence-electron chi connectivity index (χ0n) is 12.2. The quantitative estimate of drug-likeness (QED) is 0.912. The molecule has 0 aliphatic carbocycles. The summed E-state index contributed by atoms with van der Waals surface area (Å²) in [7, 11) is 0. The largest absolute Gasteiger partial charge is 0.365 e. The minimum Gasteiger partial charge on any atom is -0.365 e. The summed E-state index contributed by atoms with van der Waals surface area (Å²) in [6, 6.07) is 7.49. The number of halogens is 1. The molecule has 3 rings (SSSR count). The van der Waals surface area contributed by atoms with Gasteiger partial charge in [0.2, 0.25) is 0 Å². The number of aromatic nitrogens is 2. The number of hydrogen-bond acceptors (Lipinski definition) is 2. The Balaban J connectivity index is 1.99. The van der Waals surface area contributed by atoms with Gasteiger partial charge in [0.05, 0.1) is 11.7 Å². The summed E-state index contributed by atoms with van der Waals surface area (Å²) in [5, 5.41) is 6.35. The predicted octanol–water partition coefficient (Wildman–Crippen LogP) is 3.43. The SMILES string of the molecule is CC(C)C[C@@H]1Cc2[nH][nH]c(=O)c2[C@H](c2ccc(Cl)cc2)O1. The zero-order chi connectivity index (χ0) is 15.0. The number of ether oxygens (including phenoxy) is 1. The normalized spacial score (nSPS) is 21.5. The molecule has 0 radical (unpaired) electrons. The van der Waals surface area contributed by atoms with Crippen molar-refractivity contribution in [2.75, 3.05) is 0 Å². The predicted molar refractivity (Wildman–Crippen MR) is 82.7 cm³/mol. The van der Waals surface area contributed by atoms with Crippen LogP contribution < -0.4 is 5.56 Å². The van der Waals surface area contributed by atoms with Crippen molar-refractivity contribution in [1.29, 1.82) is 0 Å².